The first-order valence-corrected chi connectivity index (χ1v) is 10.9. The summed E-state index contributed by atoms with van der Waals surface area (Å²) < 4.78 is 5.64. The molecule has 0 saturated carbocycles. The third-order valence-corrected chi connectivity index (χ3v) is 5.94. The number of hydrogen-bond acceptors (Lipinski definition) is 3. The molecule has 2 amide bonds. The Bertz CT molecular complexity index is 1070. The smallest absolute Gasteiger partial charge is 0.414 e. The summed E-state index contributed by atoms with van der Waals surface area (Å²) in [4.78, 5) is 29.3. The van der Waals surface area contributed by atoms with Gasteiger partial charge in [0.2, 0.25) is 5.91 Å². The second-order valence-electron chi connectivity index (χ2n) is 8.20. The van der Waals surface area contributed by atoms with Crippen molar-refractivity contribution < 1.29 is 14.3 Å². The van der Waals surface area contributed by atoms with E-state index in [1.807, 2.05) is 96.8 Å². The first-order valence-electron chi connectivity index (χ1n) is 10.9. The molecule has 3 aromatic carbocycles. The van der Waals surface area contributed by atoms with Gasteiger partial charge in [-0.25, -0.2) is 4.79 Å². The maximum Gasteiger partial charge on any atom is 0.414 e. The third kappa shape index (κ3) is 4.67. The standard InChI is InChI=1S/C27H28N2O3/c1-20-17-26(28(21(2)30)18-22-11-5-3-6-12-22)24-15-9-10-16-25(24)29(20)27(31)32-19-23-13-7-4-8-14-23/h3-16,20,26H,17-19H2,1-2H3/t20-,26+/m1/s1. The first-order chi connectivity index (χ1) is 15.5. The second-order valence-corrected chi connectivity index (χ2v) is 8.20. The van der Waals surface area contributed by atoms with Crippen LogP contribution in [0, 0.1) is 0 Å². The molecule has 2 atom stereocenters. The van der Waals surface area contributed by atoms with Crippen molar-refractivity contribution in [3.05, 3.63) is 102 Å². The van der Waals surface area contributed by atoms with Crippen LogP contribution in [0.25, 0.3) is 0 Å². The molecule has 0 bridgehead atoms. The largest absolute Gasteiger partial charge is 0.444 e. The van der Waals surface area contributed by atoms with E-state index in [1.54, 1.807) is 11.8 Å². The van der Waals surface area contributed by atoms with E-state index in [0.29, 0.717) is 13.0 Å². The van der Waals surface area contributed by atoms with Crippen molar-refractivity contribution >= 4 is 17.7 Å². The summed E-state index contributed by atoms with van der Waals surface area (Å²) in [5.41, 5.74) is 3.79. The molecule has 5 nitrogen and oxygen atoms in total. The molecule has 4 rings (SSSR count). The van der Waals surface area contributed by atoms with Gasteiger partial charge in [-0.1, -0.05) is 78.9 Å². The zero-order valence-corrected chi connectivity index (χ0v) is 18.5. The fourth-order valence-electron chi connectivity index (χ4n) is 4.36. The maximum atomic E-state index is 13.1. The average molecular weight is 429 g/mol. The number of fused-ring (bicyclic) bond motifs is 1. The number of para-hydroxylation sites is 1. The highest BCUT2D eigenvalue weighted by molar-refractivity contribution is 5.90. The van der Waals surface area contributed by atoms with Gasteiger partial charge in [0.05, 0.1) is 11.7 Å². The second kappa shape index (κ2) is 9.69. The topological polar surface area (TPSA) is 49.9 Å². The maximum absolute atomic E-state index is 13.1. The van der Waals surface area contributed by atoms with Crippen LogP contribution in [0.3, 0.4) is 0 Å². The number of carbonyl (C=O) groups excluding carboxylic acids is 2. The summed E-state index contributed by atoms with van der Waals surface area (Å²) in [7, 11) is 0. The lowest BCUT2D eigenvalue weighted by Crippen LogP contribution is -2.47. The number of amides is 2. The molecule has 164 valence electrons. The van der Waals surface area contributed by atoms with Crippen LogP contribution in [0.2, 0.25) is 0 Å². The number of carbonyl (C=O) groups is 2. The van der Waals surface area contributed by atoms with E-state index >= 15 is 0 Å². The monoisotopic (exact) mass is 428 g/mol. The molecule has 0 spiro atoms. The van der Waals surface area contributed by atoms with Crippen molar-refractivity contribution in [3.8, 4) is 0 Å². The van der Waals surface area contributed by atoms with Gasteiger partial charge in [0.25, 0.3) is 0 Å². The van der Waals surface area contributed by atoms with Gasteiger partial charge in [0.1, 0.15) is 6.61 Å². The number of rotatable bonds is 5. The Kier molecular flexibility index (Phi) is 6.55. The van der Waals surface area contributed by atoms with Crippen molar-refractivity contribution in [2.45, 2.75) is 45.5 Å². The summed E-state index contributed by atoms with van der Waals surface area (Å²) in [6, 6.07) is 27.2. The van der Waals surface area contributed by atoms with Crippen LogP contribution >= 0.6 is 0 Å². The van der Waals surface area contributed by atoms with Crippen molar-refractivity contribution in [1.29, 1.82) is 0 Å². The predicted octanol–water partition coefficient (Wildman–Crippen LogP) is 5.71. The van der Waals surface area contributed by atoms with E-state index in [1.165, 1.54) is 0 Å². The van der Waals surface area contributed by atoms with Gasteiger partial charge in [-0.05, 0) is 36.1 Å². The fourth-order valence-corrected chi connectivity index (χ4v) is 4.36. The predicted molar refractivity (Wildman–Crippen MR) is 125 cm³/mol. The minimum atomic E-state index is -0.371. The molecule has 5 heteroatoms. The first kappa shape index (κ1) is 21.6. The molecule has 0 radical (unpaired) electrons. The summed E-state index contributed by atoms with van der Waals surface area (Å²) in [6.07, 6.45) is 0.272. The van der Waals surface area contributed by atoms with Gasteiger partial charge in [-0.15, -0.1) is 0 Å². The van der Waals surface area contributed by atoms with Crippen LogP contribution in [0.15, 0.2) is 84.9 Å². The molecule has 1 aliphatic heterocycles. The van der Waals surface area contributed by atoms with E-state index in [9.17, 15) is 9.59 Å². The number of anilines is 1. The van der Waals surface area contributed by atoms with E-state index < -0.39 is 0 Å². The van der Waals surface area contributed by atoms with Gasteiger partial charge in [0.15, 0.2) is 0 Å². The lowest BCUT2D eigenvalue weighted by molar-refractivity contribution is -0.132. The molecule has 0 fully saturated rings. The van der Waals surface area contributed by atoms with Crippen molar-refractivity contribution in [2.24, 2.45) is 0 Å². The van der Waals surface area contributed by atoms with E-state index in [0.717, 1.165) is 22.4 Å². The minimum absolute atomic E-state index is 0.0148. The summed E-state index contributed by atoms with van der Waals surface area (Å²) in [5, 5.41) is 0. The van der Waals surface area contributed by atoms with Gasteiger partial charge in [0, 0.05) is 19.5 Å². The van der Waals surface area contributed by atoms with Crippen LogP contribution in [0.1, 0.15) is 43.0 Å². The van der Waals surface area contributed by atoms with Crippen LogP contribution < -0.4 is 4.90 Å². The Hall–Kier alpha value is -3.60. The summed E-state index contributed by atoms with van der Waals surface area (Å²) in [5.74, 6) is 0.0148. The van der Waals surface area contributed by atoms with Crippen LogP contribution in [-0.2, 0) is 22.7 Å². The zero-order valence-electron chi connectivity index (χ0n) is 18.5. The molecule has 32 heavy (non-hydrogen) atoms. The molecule has 0 unspecified atom stereocenters. The zero-order chi connectivity index (χ0) is 22.5. The Balaban J connectivity index is 1.59. The average Bonchev–Trinajstić information content (AvgIpc) is 2.82. The molecule has 0 aromatic heterocycles. The molecule has 1 aliphatic rings. The lowest BCUT2D eigenvalue weighted by atomic mass is 9.90. The molecule has 1 heterocycles. The van der Waals surface area contributed by atoms with Crippen LogP contribution in [-0.4, -0.2) is 22.9 Å². The van der Waals surface area contributed by atoms with Gasteiger partial charge >= 0.3 is 6.09 Å². The van der Waals surface area contributed by atoms with Crippen molar-refractivity contribution in [1.82, 2.24) is 4.90 Å². The molecule has 0 saturated heterocycles. The van der Waals surface area contributed by atoms with E-state index in [4.69, 9.17) is 4.74 Å². The number of nitrogens with zero attached hydrogens (tertiary/aromatic N) is 2. The van der Waals surface area contributed by atoms with Gasteiger partial charge < -0.3 is 9.64 Å². The number of hydrogen-bond donors (Lipinski definition) is 0. The Morgan fingerprint density at radius 3 is 2.16 bits per heavy atom. The quantitative estimate of drug-likeness (QED) is 0.523. The SMILES string of the molecule is CC(=O)N(Cc1ccccc1)[C@H]1C[C@@H](C)N(C(=O)OCc2ccccc2)c2ccccc21. The highest BCUT2D eigenvalue weighted by atomic mass is 16.6. The summed E-state index contributed by atoms with van der Waals surface area (Å²) in [6.45, 7) is 4.37. The van der Waals surface area contributed by atoms with Crippen molar-refractivity contribution in [3.63, 3.8) is 0 Å². The number of ether oxygens (including phenoxy) is 1. The molecular formula is C27H28N2O3. The Labute approximate surface area is 189 Å². The summed E-state index contributed by atoms with van der Waals surface area (Å²) >= 11 is 0. The Morgan fingerprint density at radius 1 is 0.906 bits per heavy atom. The van der Waals surface area contributed by atoms with E-state index in [2.05, 4.69) is 0 Å². The van der Waals surface area contributed by atoms with Crippen LogP contribution in [0.4, 0.5) is 10.5 Å². The molecular weight excluding hydrogens is 400 g/mol. The van der Waals surface area contributed by atoms with Gasteiger partial charge in [-0.2, -0.15) is 0 Å². The minimum Gasteiger partial charge on any atom is -0.444 e. The highest BCUT2D eigenvalue weighted by Gasteiger charge is 2.37. The van der Waals surface area contributed by atoms with Crippen LogP contribution in [0.5, 0.6) is 0 Å². The highest BCUT2D eigenvalue weighted by Crippen LogP contribution is 2.41. The lowest BCUT2D eigenvalue weighted by Gasteiger charge is -2.42. The van der Waals surface area contributed by atoms with Gasteiger partial charge in [-0.3, -0.25) is 9.69 Å². The van der Waals surface area contributed by atoms with E-state index in [-0.39, 0.29) is 30.7 Å². The third-order valence-electron chi connectivity index (χ3n) is 5.94. The molecule has 3 aromatic rings. The molecule has 0 N–H and O–H groups in total. The Morgan fingerprint density at radius 2 is 1.50 bits per heavy atom. The fraction of sp³-hybridized carbons (Fsp3) is 0.259. The number of benzene rings is 3. The normalized spacial score (nSPS) is 17.4. The molecule has 0 aliphatic carbocycles. The van der Waals surface area contributed by atoms with Crippen molar-refractivity contribution in [2.75, 3.05) is 4.90 Å².